The first kappa shape index (κ1) is 14.3. The van der Waals surface area contributed by atoms with E-state index in [0.29, 0.717) is 4.68 Å². The van der Waals surface area contributed by atoms with E-state index in [-0.39, 0.29) is 10.6 Å². The molecule has 20 heavy (non-hydrogen) atoms. The van der Waals surface area contributed by atoms with E-state index >= 15 is 0 Å². The fourth-order valence-electron chi connectivity index (χ4n) is 1.64. The minimum atomic E-state index is -3.11. The van der Waals surface area contributed by atoms with Gasteiger partial charge in [-0.3, -0.25) is 0 Å². The summed E-state index contributed by atoms with van der Waals surface area (Å²) in [6.45, 7) is -0.439. The number of carboxylic acids is 1. The van der Waals surface area contributed by atoms with E-state index in [1.54, 1.807) is 0 Å². The van der Waals surface area contributed by atoms with Gasteiger partial charge in [0.05, 0.1) is 6.54 Å². The molecule has 0 aliphatic rings. The first-order valence-corrected chi connectivity index (χ1v) is 5.67. The van der Waals surface area contributed by atoms with E-state index in [1.165, 1.54) is 12.1 Å². The number of benzene rings is 1. The van der Waals surface area contributed by atoms with Crippen molar-refractivity contribution in [3.63, 3.8) is 0 Å². The lowest BCUT2D eigenvalue weighted by atomic mass is 10.2. The lowest BCUT2D eigenvalue weighted by Gasteiger charge is -2.08. The van der Waals surface area contributed by atoms with Gasteiger partial charge >= 0.3 is 5.97 Å². The number of aromatic nitrogens is 3. The highest BCUT2D eigenvalue weighted by Gasteiger charge is 2.27. The van der Waals surface area contributed by atoms with Crippen LogP contribution in [0.3, 0.4) is 0 Å². The van der Waals surface area contributed by atoms with Gasteiger partial charge in [0.2, 0.25) is 0 Å². The molecule has 0 bridgehead atoms. The molecule has 0 saturated carbocycles. The van der Waals surface area contributed by atoms with Crippen molar-refractivity contribution >= 4 is 17.6 Å². The van der Waals surface area contributed by atoms with Crippen LogP contribution >= 0.6 is 11.6 Å². The molecule has 0 fully saturated rings. The summed E-state index contributed by atoms with van der Waals surface area (Å²) in [4.78, 5) is 10.8. The van der Waals surface area contributed by atoms with Gasteiger partial charge in [0.15, 0.2) is 5.69 Å². The van der Waals surface area contributed by atoms with E-state index in [9.17, 15) is 18.0 Å². The highest BCUT2D eigenvalue weighted by Crippen LogP contribution is 2.25. The summed E-state index contributed by atoms with van der Waals surface area (Å²) < 4.78 is 40.0. The summed E-state index contributed by atoms with van der Waals surface area (Å²) in [7, 11) is 0. The number of hydrogen-bond acceptors (Lipinski definition) is 3. The Bertz CT molecular complexity index is 640. The van der Waals surface area contributed by atoms with E-state index in [4.69, 9.17) is 16.7 Å². The first-order valence-electron chi connectivity index (χ1n) is 5.29. The van der Waals surface area contributed by atoms with Crippen molar-refractivity contribution in [2.24, 2.45) is 0 Å². The quantitative estimate of drug-likeness (QED) is 0.943. The third-order valence-electron chi connectivity index (χ3n) is 2.55. The normalized spacial score (nSPS) is 11.1. The van der Waals surface area contributed by atoms with Gasteiger partial charge in [-0.25, -0.2) is 22.6 Å². The summed E-state index contributed by atoms with van der Waals surface area (Å²) in [6.07, 6.45) is -3.11. The summed E-state index contributed by atoms with van der Waals surface area (Å²) in [5.74, 6) is -2.34. The molecule has 9 heteroatoms. The third-order valence-corrected chi connectivity index (χ3v) is 2.91. The summed E-state index contributed by atoms with van der Waals surface area (Å²) in [6, 6.07) is 3.86. The molecule has 0 aliphatic heterocycles. The molecule has 0 spiro atoms. The summed E-state index contributed by atoms with van der Waals surface area (Å²) in [5, 5.41) is 15.3. The van der Waals surface area contributed by atoms with Crippen molar-refractivity contribution in [1.29, 1.82) is 0 Å². The van der Waals surface area contributed by atoms with Crippen molar-refractivity contribution in [3.8, 4) is 0 Å². The molecular weight excluding hydrogens is 299 g/mol. The minimum Gasteiger partial charge on any atom is -0.476 e. The molecule has 1 N–H and O–H groups in total. The second-order valence-corrected chi connectivity index (χ2v) is 4.19. The highest BCUT2D eigenvalue weighted by atomic mass is 35.5. The molecular formula is C11H7ClF3N3O2. The minimum absolute atomic E-state index is 0.0255. The van der Waals surface area contributed by atoms with Gasteiger partial charge in [-0.15, -0.1) is 5.10 Å². The lowest BCUT2D eigenvalue weighted by Crippen LogP contribution is -2.11. The average Bonchev–Trinajstić information content (AvgIpc) is 2.78. The van der Waals surface area contributed by atoms with Gasteiger partial charge in [-0.05, 0) is 12.1 Å². The molecule has 1 heterocycles. The van der Waals surface area contributed by atoms with Gasteiger partial charge in [0, 0.05) is 10.6 Å². The molecule has 0 unspecified atom stereocenters. The first-order chi connectivity index (χ1) is 9.41. The summed E-state index contributed by atoms with van der Waals surface area (Å²) in [5.41, 5.74) is -1.83. The third kappa shape index (κ3) is 2.60. The van der Waals surface area contributed by atoms with Crippen LogP contribution < -0.4 is 0 Å². The summed E-state index contributed by atoms with van der Waals surface area (Å²) >= 11 is 5.78. The van der Waals surface area contributed by atoms with E-state index < -0.39 is 36.1 Å². The van der Waals surface area contributed by atoms with Crippen LogP contribution in [0.15, 0.2) is 18.2 Å². The van der Waals surface area contributed by atoms with Crippen LogP contribution in [0.5, 0.6) is 0 Å². The Kier molecular flexibility index (Phi) is 3.93. The van der Waals surface area contributed by atoms with Crippen molar-refractivity contribution < 1.29 is 23.1 Å². The fourth-order valence-corrected chi connectivity index (χ4v) is 1.86. The Morgan fingerprint density at radius 2 is 2.15 bits per heavy atom. The Labute approximate surface area is 115 Å². The maximum Gasteiger partial charge on any atom is 0.358 e. The molecule has 0 amide bonds. The molecule has 1 aromatic carbocycles. The van der Waals surface area contributed by atoms with Crippen molar-refractivity contribution in [3.05, 3.63) is 46.0 Å². The van der Waals surface area contributed by atoms with Gasteiger partial charge in [0.25, 0.3) is 6.43 Å². The number of carboxylic acid groups (broad SMARTS) is 1. The van der Waals surface area contributed by atoms with Crippen LogP contribution in [0.25, 0.3) is 0 Å². The topological polar surface area (TPSA) is 68.0 Å². The van der Waals surface area contributed by atoms with E-state index in [2.05, 4.69) is 10.3 Å². The molecule has 0 radical (unpaired) electrons. The molecule has 0 saturated heterocycles. The largest absolute Gasteiger partial charge is 0.476 e. The predicted octanol–water partition coefficient (Wildman–Crippen LogP) is 2.75. The molecule has 5 nitrogen and oxygen atoms in total. The van der Waals surface area contributed by atoms with Crippen LogP contribution in [-0.2, 0) is 6.54 Å². The van der Waals surface area contributed by atoms with Crippen LogP contribution in [0.1, 0.15) is 28.2 Å². The SMILES string of the molecule is O=C(O)c1nnn(Cc2c(F)cccc2Cl)c1C(F)F. The van der Waals surface area contributed by atoms with E-state index in [0.717, 1.165) is 6.07 Å². The molecule has 2 rings (SSSR count). The monoisotopic (exact) mass is 305 g/mol. The predicted molar refractivity (Wildman–Crippen MR) is 62.5 cm³/mol. The zero-order chi connectivity index (χ0) is 14.9. The van der Waals surface area contributed by atoms with E-state index in [1.807, 2.05) is 0 Å². The fraction of sp³-hybridized carbons (Fsp3) is 0.182. The Morgan fingerprint density at radius 1 is 1.45 bits per heavy atom. The van der Waals surface area contributed by atoms with Crippen LogP contribution in [0.4, 0.5) is 13.2 Å². The van der Waals surface area contributed by atoms with Crippen molar-refractivity contribution in [2.45, 2.75) is 13.0 Å². The maximum absolute atomic E-state index is 13.6. The zero-order valence-corrected chi connectivity index (χ0v) is 10.5. The van der Waals surface area contributed by atoms with Crippen LogP contribution in [0, 0.1) is 5.82 Å². The second-order valence-electron chi connectivity index (χ2n) is 3.79. The Hall–Kier alpha value is -2.09. The zero-order valence-electron chi connectivity index (χ0n) is 9.73. The number of nitrogens with zero attached hydrogens (tertiary/aromatic N) is 3. The Balaban J connectivity index is 2.47. The number of carbonyl (C=O) groups is 1. The number of alkyl halides is 2. The lowest BCUT2D eigenvalue weighted by molar-refractivity contribution is 0.0675. The number of rotatable bonds is 4. The van der Waals surface area contributed by atoms with Crippen LogP contribution in [-0.4, -0.2) is 26.1 Å². The average molecular weight is 306 g/mol. The molecule has 0 atom stereocenters. The second kappa shape index (κ2) is 5.49. The smallest absolute Gasteiger partial charge is 0.358 e. The van der Waals surface area contributed by atoms with Gasteiger partial charge < -0.3 is 5.11 Å². The van der Waals surface area contributed by atoms with Gasteiger partial charge in [-0.1, -0.05) is 22.9 Å². The molecule has 106 valence electrons. The number of aromatic carboxylic acids is 1. The number of hydrogen-bond donors (Lipinski definition) is 1. The van der Waals surface area contributed by atoms with Crippen molar-refractivity contribution in [1.82, 2.24) is 15.0 Å². The van der Waals surface area contributed by atoms with Crippen molar-refractivity contribution in [2.75, 3.05) is 0 Å². The molecule has 2 aromatic rings. The Morgan fingerprint density at radius 3 is 2.70 bits per heavy atom. The standard InChI is InChI=1S/C11H7ClF3N3O2/c12-6-2-1-3-7(13)5(6)4-18-9(10(14)15)8(11(19)20)16-17-18/h1-3,10H,4H2,(H,19,20). The van der Waals surface area contributed by atoms with Gasteiger partial charge in [-0.2, -0.15) is 0 Å². The van der Waals surface area contributed by atoms with Crippen LogP contribution in [0.2, 0.25) is 5.02 Å². The molecule has 1 aromatic heterocycles. The number of halogens is 4. The highest BCUT2D eigenvalue weighted by molar-refractivity contribution is 6.31. The molecule has 0 aliphatic carbocycles. The van der Waals surface area contributed by atoms with Gasteiger partial charge in [0.1, 0.15) is 11.5 Å². The maximum atomic E-state index is 13.6.